The molecule has 4 rings (SSSR count). The van der Waals surface area contributed by atoms with E-state index in [-0.39, 0.29) is 61.5 Å². The quantitative estimate of drug-likeness (QED) is 0.181. The van der Waals surface area contributed by atoms with Crippen molar-refractivity contribution >= 4 is 69.1 Å². The lowest BCUT2D eigenvalue weighted by molar-refractivity contribution is -0.137. The summed E-state index contributed by atoms with van der Waals surface area (Å²) in [6.07, 6.45) is 2.34. The molecule has 0 aliphatic carbocycles. The molecule has 2 aromatic carbocycles. The smallest absolute Gasteiger partial charge is 0.253 e. The second-order valence-corrected chi connectivity index (χ2v) is 9.80. The maximum absolute atomic E-state index is 12.6. The van der Waals surface area contributed by atoms with E-state index in [4.69, 9.17) is 37.7 Å². The molecule has 0 bridgehead atoms. The Labute approximate surface area is 251 Å². The lowest BCUT2D eigenvalue weighted by atomic mass is 10.2. The number of hydrogen-bond acceptors (Lipinski definition) is 9. The van der Waals surface area contributed by atoms with Gasteiger partial charge in [-0.25, -0.2) is 4.99 Å². The van der Waals surface area contributed by atoms with Crippen LogP contribution in [0.15, 0.2) is 70.1 Å². The summed E-state index contributed by atoms with van der Waals surface area (Å²) < 4.78 is 16.6. The van der Waals surface area contributed by atoms with E-state index in [0.717, 1.165) is 4.90 Å². The molecule has 0 atom stereocenters. The van der Waals surface area contributed by atoms with Gasteiger partial charge in [0, 0.05) is 42.1 Å². The number of rotatable bonds is 12. The SMILES string of the molecule is COc1ccc(N=c2oc3ccc(Cl)cc3cc2C(=S)NC(=O)CCOCCNC(=O)CCN2C(=O)C=CC2=O)cc1. The lowest BCUT2D eigenvalue weighted by Crippen LogP contribution is -2.35. The van der Waals surface area contributed by atoms with E-state index in [0.29, 0.717) is 33.0 Å². The lowest BCUT2D eigenvalue weighted by Gasteiger charge is -2.13. The number of ether oxygens (including phenoxy) is 2. The van der Waals surface area contributed by atoms with E-state index in [1.807, 2.05) is 0 Å². The molecule has 3 aromatic rings. The summed E-state index contributed by atoms with van der Waals surface area (Å²) >= 11 is 11.7. The maximum Gasteiger partial charge on any atom is 0.253 e. The number of carbonyl (C=O) groups is 4. The topological polar surface area (TPSA) is 140 Å². The molecule has 4 amide bonds. The Balaban J connectivity index is 1.28. The van der Waals surface area contributed by atoms with E-state index in [1.165, 1.54) is 12.2 Å². The number of imide groups is 1. The predicted molar refractivity (Wildman–Crippen MR) is 158 cm³/mol. The van der Waals surface area contributed by atoms with Crippen LogP contribution in [0.5, 0.6) is 5.75 Å². The highest BCUT2D eigenvalue weighted by Crippen LogP contribution is 2.21. The van der Waals surface area contributed by atoms with Crippen LogP contribution in [0.3, 0.4) is 0 Å². The average Bonchev–Trinajstić information content (AvgIpc) is 3.30. The van der Waals surface area contributed by atoms with Crippen molar-refractivity contribution in [2.45, 2.75) is 12.8 Å². The van der Waals surface area contributed by atoms with Gasteiger partial charge >= 0.3 is 0 Å². The minimum absolute atomic E-state index is 0.00402. The summed E-state index contributed by atoms with van der Waals surface area (Å²) in [6.45, 7) is 0.468. The zero-order valence-corrected chi connectivity index (χ0v) is 24.1. The second-order valence-electron chi connectivity index (χ2n) is 8.96. The Morgan fingerprint density at radius 3 is 2.45 bits per heavy atom. The van der Waals surface area contributed by atoms with Crippen molar-refractivity contribution in [3.8, 4) is 5.75 Å². The Kier molecular flexibility index (Phi) is 10.5. The zero-order valence-electron chi connectivity index (χ0n) is 22.6. The summed E-state index contributed by atoms with van der Waals surface area (Å²) in [4.78, 5) is 53.2. The van der Waals surface area contributed by atoms with Gasteiger partial charge in [0.2, 0.25) is 17.4 Å². The van der Waals surface area contributed by atoms with Gasteiger partial charge in [0.1, 0.15) is 16.3 Å². The molecule has 13 heteroatoms. The first-order chi connectivity index (χ1) is 20.2. The van der Waals surface area contributed by atoms with Crippen LogP contribution in [0.1, 0.15) is 18.4 Å². The van der Waals surface area contributed by atoms with Crippen LogP contribution in [-0.2, 0) is 23.9 Å². The fourth-order valence-corrected chi connectivity index (χ4v) is 4.30. The maximum atomic E-state index is 12.6. The van der Waals surface area contributed by atoms with Crippen molar-refractivity contribution in [2.24, 2.45) is 4.99 Å². The molecule has 0 unspecified atom stereocenters. The zero-order chi connectivity index (χ0) is 30.1. The molecule has 42 heavy (non-hydrogen) atoms. The second kappa shape index (κ2) is 14.5. The van der Waals surface area contributed by atoms with Crippen molar-refractivity contribution < 1.29 is 33.1 Å². The van der Waals surface area contributed by atoms with Crippen LogP contribution >= 0.6 is 23.8 Å². The molecule has 1 aromatic heterocycles. The first kappa shape index (κ1) is 30.6. The van der Waals surface area contributed by atoms with Crippen molar-refractivity contribution in [3.63, 3.8) is 0 Å². The Morgan fingerprint density at radius 2 is 1.74 bits per heavy atom. The number of carbonyl (C=O) groups excluding carboxylic acids is 4. The highest BCUT2D eigenvalue weighted by atomic mass is 35.5. The summed E-state index contributed by atoms with van der Waals surface area (Å²) in [5, 5.41) is 6.52. The largest absolute Gasteiger partial charge is 0.497 e. The molecule has 0 spiro atoms. The molecule has 2 heterocycles. The number of fused-ring (bicyclic) bond motifs is 1. The summed E-state index contributed by atoms with van der Waals surface area (Å²) in [6, 6.07) is 14.0. The van der Waals surface area contributed by atoms with Gasteiger partial charge in [-0.1, -0.05) is 23.8 Å². The number of thiocarbonyl (C=S) groups is 1. The standard InChI is InChI=1S/C29H27ClN4O7S/c1-39-21-5-3-20(4-6-21)32-28-22(17-18-16-19(30)2-7-23(18)41-28)29(42)33-25(36)11-14-40-15-12-31-24(35)10-13-34-26(37)8-9-27(34)38/h2-9,16-17H,10-15H2,1H3,(H,31,35)(H,33,36,42). The number of nitrogens with one attached hydrogen (secondary N) is 2. The van der Waals surface area contributed by atoms with Crippen LogP contribution in [0.25, 0.3) is 11.0 Å². The predicted octanol–water partition coefficient (Wildman–Crippen LogP) is 2.96. The van der Waals surface area contributed by atoms with E-state index < -0.39 is 11.8 Å². The molecule has 0 saturated carbocycles. The minimum Gasteiger partial charge on any atom is -0.497 e. The summed E-state index contributed by atoms with van der Waals surface area (Å²) in [7, 11) is 1.57. The molecule has 11 nitrogen and oxygen atoms in total. The number of methoxy groups -OCH3 is 1. The van der Waals surface area contributed by atoms with Gasteiger partial charge in [-0.05, 0) is 48.5 Å². The van der Waals surface area contributed by atoms with Gasteiger partial charge < -0.3 is 24.5 Å². The number of benzene rings is 2. The Morgan fingerprint density at radius 1 is 1.00 bits per heavy atom. The van der Waals surface area contributed by atoms with Crippen LogP contribution in [0, 0.1) is 0 Å². The van der Waals surface area contributed by atoms with Crippen LogP contribution in [0.2, 0.25) is 5.02 Å². The number of halogens is 1. The Bertz CT molecular complexity index is 1600. The molecule has 1 aliphatic heterocycles. The fourth-order valence-electron chi connectivity index (χ4n) is 3.86. The van der Waals surface area contributed by atoms with E-state index in [2.05, 4.69) is 15.6 Å². The molecule has 2 N–H and O–H groups in total. The molecule has 218 valence electrons. The molecular formula is C29H27ClN4O7S. The average molecular weight is 611 g/mol. The molecule has 0 saturated heterocycles. The van der Waals surface area contributed by atoms with Crippen molar-refractivity contribution in [1.29, 1.82) is 0 Å². The molecular weight excluding hydrogens is 584 g/mol. The van der Waals surface area contributed by atoms with E-state index in [1.54, 1.807) is 55.6 Å². The first-order valence-corrected chi connectivity index (χ1v) is 13.7. The molecule has 1 aliphatic rings. The van der Waals surface area contributed by atoms with Gasteiger partial charge in [-0.15, -0.1) is 0 Å². The van der Waals surface area contributed by atoms with Gasteiger partial charge in [-0.3, -0.25) is 24.1 Å². The van der Waals surface area contributed by atoms with Gasteiger partial charge in [0.25, 0.3) is 11.8 Å². The molecule has 0 radical (unpaired) electrons. The minimum atomic E-state index is -0.434. The summed E-state index contributed by atoms with van der Waals surface area (Å²) in [5.41, 5.74) is 1.75. The van der Waals surface area contributed by atoms with Crippen molar-refractivity contribution in [2.75, 3.05) is 33.4 Å². The third-order valence-electron chi connectivity index (χ3n) is 6.01. The molecule has 0 fully saturated rings. The normalized spacial score (nSPS) is 13.1. The van der Waals surface area contributed by atoms with Crippen LogP contribution in [-0.4, -0.2) is 66.9 Å². The number of amides is 4. The van der Waals surface area contributed by atoms with E-state index >= 15 is 0 Å². The Hall–Kier alpha value is -4.39. The fraction of sp³-hybridized carbons (Fsp3) is 0.241. The van der Waals surface area contributed by atoms with Crippen molar-refractivity contribution in [1.82, 2.24) is 15.5 Å². The van der Waals surface area contributed by atoms with Gasteiger partial charge in [-0.2, -0.15) is 0 Å². The summed E-state index contributed by atoms with van der Waals surface area (Å²) in [5.74, 6) is -0.893. The highest BCUT2D eigenvalue weighted by Gasteiger charge is 2.23. The number of hydrogen-bond donors (Lipinski definition) is 2. The van der Waals surface area contributed by atoms with Crippen LogP contribution in [0.4, 0.5) is 5.69 Å². The third kappa shape index (κ3) is 8.32. The van der Waals surface area contributed by atoms with E-state index in [9.17, 15) is 19.2 Å². The monoisotopic (exact) mass is 610 g/mol. The van der Waals surface area contributed by atoms with Gasteiger partial charge in [0.15, 0.2) is 0 Å². The van der Waals surface area contributed by atoms with Crippen LogP contribution < -0.4 is 20.9 Å². The first-order valence-electron chi connectivity index (χ1n) is 12.9. The van der Waals surface area contributed by atoms with Gasteiger partial charge in [0.05, 0.1) is 38.0 Å². The van der Waals surface area contributed by atoms with Crippen molar-refractivity contribution in [3.05, 3.63) is 76.8 Å². The number of nitrogens with zero attached hydrogens (tertiary/aromatic N) is 2. The third-order valence-corrected chi connectivity index (χ3v) is 6.57. The highest BCUT2D eigenvalue weighted by molar-refractivity contribution is 7.80.